The average molecular weight is 313 g/mol. The molecule has 1 aliphatic carbocycles. The lowest BCUT2D eigenvalue weighted by Crippen LogP contribution is -2.50. The van der Waals surface area contributed by atoms with Gasteiger partial charge in [0.05, 0.1) is 10.4 Å². The standard InChI is InChI=1S/C17H32N2OS/c1-4-10-17(11-5-2,15(18)21)16(20)19-12-14-9-7-6-8-13(14)3/h13-14H,4-12H2,1-3H3,(H2,18,21)(H,19,20). The molecule has 2 atom stereocenters. The van der Waals surface area contributed by atoms with Gasteiger partial charge in [-0.25, -0.2) is 0 Å². The lowest BCUT2D eigenvalue weighted by Gasteiger charge is -2.33. The Labute approximate surface area is 135 Å². The van der Waals surface area contributed by atoms with Crippen molar-refractivity contribution in [2.75, 3.05) is 6.54 Å². The van der Waals surface area contributed by atoms with Gasteiger partial charge in [0.25, 0.3) is 0 Å². The molecule has 122 valence electrons. The van der Waals surface area contributed by atoms with Gasteiger partial charge in [-0.15, -0.1) is 0 Å². The molecule has 3 nitrogen and oxygen atoms in total. The summed E-state index contributed by atoms with van der Waals surface area (Å²) in [6.45, 7) is 7.24. The van der Waals surface area contributed by atoms with E-state index in [4.69, 9.17) is 18.0 Å². The van der Waals surface area contributed by atoms with Gasteiger partial charge in [-0.05, 0) is 31.1 Å². The first-order chi connectivity index (χ1) is 9.97. The molecule has 4 heteroatoms. The van der Waals surface area contributed by atoms with Crippen LogP contribution in [0.4, 0.5) is 0 Å². The first-order valence-electron chi connectivity index (χ1n) is 8.56. The number of nitrogens with two attached hydrogens (primary N) is 1. The van der Waals surface area contributed by atoms with Gasteiger partial charge in [-0.1, -0.05) is 65.1 Å². The Morgan fingerprint density at radius 2 is 1.81 bits per heavy atom. The molecule has 1 amide bonds. The molecule has 1 fully saturated rings. The fraction of sp³-hybridized carbons (Fsp3) is 0.882. The number of amides is 1. The van der Waals surface area contributed by atoms with Crippen LogP contribution in [0.25, 0.3) is 0 Å². The molecule has 0 bridgehead atoms. The van der Waals surface area contributed by atoms with Crippen LogP contribution in [0.2, 0.25) is 0 Å². The summed E-state index contributed by atoms with van der Waals surface area (Å²) in [5.74, 6) is 1.36. The van der Waals surface area contributed by atoms with Gasteiger partial charge < -0.3 is 11.1 Å². The highest BCUT2D eigenvalue weighted by molar-refractivity contribution is 7.80. The van der Waals surface area contributed by atoms with Crippen molar-refractivity contribution in [1.82, 2.24) is 5.32 Å². The Bertz CT molecular complexity index is 351. The minimum Gasteiger partial charge on any atom is -0.392 e. The van der Waals surface area contributed by atoms with E-state index < -0.39 is 5.41 Å². The lowest BCUT2D eigenvalue weighted by molar-refractivity contribution is -0.128. The van der Waals surface area contributed by atoms with Crippen LogP contribution in [0, 0.1) is 17.3 Å². The maximum absolute atomic E-state index is 12.8. The van der Waals surface area contributed by atoms with Crippen molar-refractivity contribution in [1.29, 1.82) is 0 Å². The predicted octanol–water partition coefficient (Wildman–Crippen LogP) is 3.80. The molecule has 3 N–H and O–H groups in total. The van der Waals surface area contributed by atoms with Crippen LogP contribution in [0.1, 0.15) is 72.1 Å². The fourth-order valence-corrected chi connectivity index (χ4v) is 3.95. The molecule has 0 aliphatic heterocycles. The third-order valence-electron chi connectivity index (χ3n) is 5.07. The number of nitrogens with one attached hydrogen (secondary N) is 1. The van der Waals surface area contributed by atoms with E-state index in [0.29, 0.717) is 16.8 Å². The van der Waals surface area contributed by atoms with E-state index in [-0.39, 0.29) is 5.91 Å². The fourth-order valence-electron chi connectivity index (χ4n) is 3.65. The summed E-state index contributed by atoms with van der Waals surface area (Å²) < 4.78 is 0. The number of hydrogen-bond acceptors (Lipinski definition) is 2. The highest BCUT2D eigenvalue weighted by Gasteiger charge is 2.40. The van der Waals surface area contributed by atoms with Crippen LogP contribution in [-0.2, 0) is 4.79 Å². The molecule has 2 unspecified atom stereocenters. The van der Waals surface area contributed by atoms with Crippen LogP contribution in [0.15, 0.2) is 0 Å². The third-order valence-corrected chi connectivity index (χ3v) is 5.46. The first-order valence-corrected chi connectivity index (χ1v) is 8.97. The first kappa shape index (κ1) is 18.4. The quantitative estimate of drug-likeness (QED) is 0.670. The largest absolute Gasteiger partial charge is 0.392 e. The van der Waals surface area contributed by atoms with Gasteiger partial charge in [-0.2, -0.15) is 0 Å². The van der Waals surface area contributed by atoms with Crippen molar-refractivity contribution in [2.24, 2.45) is 23.0 Å². The molecular weight excluding hydrogens is 280 g/mol. The zero-order chi connectivity index (χ0) is 15.9. The summed E-state index contributed by atoms with van der Waals surface area (Å²) in [4.78, 5) is 13.1. The van der Waals surface area contributed by atoms with E-state index in [2.05, 4.69) is 26.1 Å². The van der Waals surface area contributed by atoms with E-state index in [1.54, 1.807) is 0 Å². The second-order valence-electron chi connectivity index (χ2n) is 6.68. The van der Waals surface area contributed by atoms with Crippen LogP contribution < -0.4 is 11.1 Å². The van der Waals surface area contributed by atoms with Gasteiger partial charge >= 0.3 is 0 Å². The second-order valence-corrected chi connectivity index (χ2v) is 7.12. The Balaban J connectivity index is 2.69. The summed E-state index contributed by atoms with van der Waals surface area (Å²) in [5, 5.41) is 3.17. The lowest BCUT2D eigenvalue weighted by atomic mass is 9.77. The predicted molar refractivity (Wildman–Crippen MR) is 93.2 cm³/mol. The molecule has 21 heavy (non-hydrogen) atoms. The zero-order valence-corrected chi connectivity index (χ0v) is 14.7. The number of carbonyl (C=O) groups is 1. The van der Waals surface area contributed by atoms with E-state index in [0.717, 1.165) is 32.2 Å². The minimum atomic E-state index is -0.642. The van der Waals surface area contributed by atoms with Gasteiger partial charge in [0.1, 0.15) is 0 Å². The van der Waals surface area contributed by atoms with Gasteiger partial charge in [0, 0.05) is 6.54 Å². The van der Waals surface area contributed by atoms with Crippen molar-refractivity contribution in [3.05, 3.63) is 0 Å². The topological polar surface area (TPSA) is 55.1 Å². The van der Waals surface area contributed by atoms with Crippen LogP contribution >= 0.6 is 12.2 Å². The van der Waals surface area contributed by atoms with E-state index >= 15 is 0 Å². The highest BCUT2D eigenvalue weighted by Crippen LogP contribution is 2.32. The Kier molecular flexibility index (Phi) is 7.64. The smallest absolute Gasteiger partial charge is 0.233 e. The summed E-state index contributed by atoms with van der Waals surface area (Å²) in [7, 11) is 0. The molecule has 0 aromatic rings. The summed E-state index contributed by atoms with van der Waals surface area (Å²) in [6, 6.07) is 0. The molecule has 0 saturated heterocycles. The molecule has 0 radical (unpaired) electrons. The van der Waals surface area contributed by atoms with Crippen LogP contribution in [0.3, 0.4) is 0 Å². The summed E-state index contributed by atoms with van der Waals surface area (Å²) in [5.41, 5.74) is 5.31. The molecule has 1 rings (SSSR count). The van der Waals surface area contributed by atoms with Crippen molar-refractivity contribution in [2.45, 2.75) is 72.1 Å². The van der Waals surface area contributed by atoms with E-state index in [1.165, 1.54) is 25.7 Å². The van der Waals surface area contributed by atoms with Gasteiger partial charge in [0.15, 0.2) is 0 Å². The zero-order valence-electron chi connectivity index (χ0n) is 13.9. The van der Waals surface area contributed by atoms with Crippen LogP contribution in [0.5, 0.6) is 0 Å². The van der Waals surface area contributed by atoms with Crippen molar-refractivity contribution >= 4 is 23.1 Å². The molecule has 1 aliphatic rings. The molecular formula is C17H32N2OS. The highest BCUT2D eigenvalue weighted by atomic mass is 32.1. The maximum atomic E-state index is 12.8. The number of carbonyl (C=O) groups excluding carboxylic acids is 1. The normalized spacial score (nSPS) is 22.8. The van der Waals surface area contributed by atoms with Crippen molar-refractivity contribution < 1.29 is 4.79 Å². The number of hydrogen-bond donors (Lipinski definition) is 2. The second kappa shape index (κ2) is 8.72. The Hall–Kier alpha value is -0.640. The minimum absolute atomic E-state index is 0.0523. The maximum Gasteiger partial charge on any atom is 0.233 e. The summed E-state index contributed by atoms with van der Waals surface area (Å²) >= 11 is 5.25. The number of thiocarbonyl (C=S) groups is 1. The Morgan fingerprint density at radius 3 is 2.29 bits per heavy atom. The molecule has 0 aromatic heterocycles. The molecule has 0 heterocycles. The van der Waals surface area contributed by atoms with E-state index in [1.807, 2.05) is 0 Å². The summed E-state index contributed by atoms with van der Waals surface area (Å²) in [6.07, 6.45) is 8.47. The molecule has 1 saturated carbocycles. The van der Waals surface area contributed by atoms with Gasteiger partial charge in [0.2, 0.25) is 5.91 Å². The Morgan fingerprint density at radius 1 is 1.24 bits per heavy atom. The van der Waals surface area contributed by atoms with Crippen LogP contribution in [-0.4, -0.2) is 17.4 Å². The van der Waals surface area contributed by atoms with E-state index in [9.17, 15) is 4.79 Å². The third kappa shape index (κ3) is 4.67. The number of rotatable bonds is 8. The average Bonchev–Trinajstić information content (AvgIpc) is 2.45. The van der Waals surface area contributed by atoms with Crippen molar-refractivity contribution in [3.63, 3.8) is 0 Å². The SMILES string of the molecule is CCCC(CCC)(C(=O)NCC1CCCCC1C)C(N)=S. The molecule has 0 spiro atoms. The molecule has 0 aromatic carbocycles. The van der Waals surface area contributed by atoms with Crippen molar-refractivity contribution in [3.8, 4) is 0 Å². The monoisotopic (exact) mass is 312 g/mol. The van der Waals surface area contributed by atoms with Gasteiger partial charge in [-0.3, -0.25) is 4.79 Å².